The second kappa shape index (κ2) is 6.60. The molecule has 0 unspecified atom stereocenters. The van der Waals surface area contributed by atoms with Crippen LogP contribution in [0.5, 0.6) is 0 Å². The third-order valence-corrected chi connectivity index (χ3v) is 4.39. The first-order valence-electron chi connectivity index (χ1n) is 5.74. The molecule has 0 saturated heterocycles. The monoisotopic (exact) mass is 299 g/mol. The van der Waals surface area contributed by atoms with Gasteiger partial charge in [0, 0.05) is 11.4 Å². The van der Waals surface area contributed by atoms with E-state index in [0.717, 1.165) is 0 Å². The highest BCUT2D eigenvalue weighted by Gasteiger charge is 2.25. The third kappa shape index (κ3) is 3.49. The molecule has 1 rings (SSSR count). The first-order chi connectivity index (χ1) is 8.97. The molecule has 0 atom stereocenters. The summed E-state index contributed by atoms with van der Waals surface area (Å²) in [6.45, 7) is 3.78. The Balaban J connectivity index is 3.39. The summed E-state index contributed by atoms with van der Waals surface area (Å²) in [4.78, 5) is -0.321. The van der Waals surface area contributed by atoms with E-state index in [1.54, 1.807) is 19.9 Å². The SMILES string of the molecule is CCO/C(CC)=C(\C#N)S(=O)(=O)c1ccc(Cl)cc1. The molecule has 0 fully saturated rings. The number of benzene rings is 1. The van der Waals surface area contributed by atoms with Crippen molar-refractivity contribution in [2.45, 2.75) is 25.2 Å². The van der Waals surface area contributed by atoms with Crippen LogP contribution in [0.25, 0.3) is 0 Å². The highest BCUT2D eigenvalue weighted by molar-refractivity contribution is 7.95. The molecule has 0 amide bonds. The normalized spacial score (nSPS) is 12.5. The maximum absolute atomic E-state index is 12.3. The second-order valence-electron chi connectivity index (χ2n) is 3.61. The summed E-state index contributed by atoms with van der Waals surface area (Å²) in [6.07, 6.45) is 0.337. The zero-order valence-corrected chi connectivity index (χ0v) is 12.3. The molecule has 0 N–H and O–H groups in total. The lowest BCUT2D eigenvalue weighted by Gasteiger charge is -2.10. The van der Waals surface area contributed by atoms with E-state index in [-0.39, 0.29) is 15.6 Å². The summed E-state index contributed by atoms with van der Waals surface area (Å²) < 4.78 is 29.9. The van der Waals surface area contributed by atoms with Crippen LogP contribution in [0, 0.1) is 11.3 Å². The van der Waals surface area contributed by atoms with Crippen LogP contribution in [-0.2, 0) is 14.6 Å². The van der Waals surface area contributed by atoms with E-state index in [1.807, 2.05) is 0 Å². The van der Waals surface area contributed by atoms with Crippen molar-refractivity contribution in [1.29, 1.82) is 5.26 Å². The molecular weight excluding hydrogens is 286 g/mol. The zero-order chi connectivity index (χ0) is 14.5. The Labute approximate surface area is 118 Å². The fourth-order valence-corrected chi connectivity index (χ4v) is 2.99. The predicted molar refractivity (Wildman–Crippen MR) is 73.2 cm³/mol. The summed E-state index contributed by atoms with van der Waals surface area (Å²) in [7, 11) is -3.87. The van der Waals surface area contributed by atoms with Crippen molar-refractivity contribution in [3.05, 3.63) is 40.0 Å². The van der Waals surface area contributed by atoms with Crippen LogP contribution in [-0.4, -0.2) is 15.0 Å². The Bertz CT molecular complexity index is 612. The Kier molecular flexibility index (Phi) is 5.40. The number of rotatable bonds is 5. The molecule has 1 aromatic carbocycles. The Morgan fingerprint density at radius 1 is 1.32 bits per heavy atom. The molecule has 4 nitrogen and oxygen atoms in total. The average Bonchev–Trinajstić information content (AvgIpc) is 2.38. The van der Waals surface area contributed by atoms with Gasteiger partial charge in [-0.05, 0) is 31.2 Å². The molecular formula is C13H14ClNO3S. The number of hydrogen-bond acceptors (Lipinski definition) is 4. The van der Waals surface area contributed by atoms with Crippen LogP contribution >= 0.6 is 11.6 Å². The second-order valence-corrected chi connectivity index (χ2v) is 5.93. The number of allylic oxidation sites excluding steroid dienone is 2. The lowest BCUT2D eigenvalue weighted by molar-refractivity contribution is 0.220. The van der Waals surface area contributed by atoms with Crippen LogP contribution in [0.2, 0.25) is 5.02 Å². The van der Waals surface area contributed by atoms with E-state index in [1.165, 1.54) is 24.3 Å². The average molecular weight is 300 g/mol. The van der Waals surface area contributed by atoms with Gasteiger partial charge in [0.25, 0.3) is 0 Å². The smallest absolute Gasteiger partial charge is 0.219 e. The van der Waals surface area contributed by atoms with Gasteiger partial charge in [0.15, 0.2) is 4.91 Å². The van der Waals surface area contributed by atoms with Gasteiger partial charge in [0.05, 0.1) is 11.5 Å². The number of ether oxygens (including phenoxy) is 1. The summed E-state index contributed by atoms with van der Waals surface area (Å²) in [5, 5.41) is 9.54. The first kappa shape index (κ1) is 15.5. The molecule has 0 aromatic heterocycles. The minimum atomic E-state index is -3.87. The van der Waals surface area contributed by atoms with Gasteiger partial charge >= 0.3 is 0 Å². The minimum Gasteiger partial charge on any atom is -0.496 e. The van der Waals surface area contributed by atoms with Gasteiger partial charge in [-0.3, -0.25) is 0 Å². The maximum atomic E-state index is 12.3. The predicted octanol–water partition coefficient (Wildman–Crippen LogP) is 3.30. The number of halogens is 1. The summed E-state index contributed by atoms with van der Waals surface area (Å²) >= 11 is 5.72. The summed E-state index contributed by atoms with van der Waals surface area (Å²) in [5.41, 5.74) is 0. The molecule has 0 heterocycles. The lowest BCUT2D eigenvalue weighted by atomic mass is 10.3. The van der Waals surface area contributed by atoms with Crippen LogP contribution in [0.15, 0.2) is 39.8 Å². The van der Waals surface area contributed by atoms with Crippen molar-refractivity contribution in [1.82, 2.24) is 0 Å². The van der Waals surface area contributed by atoms with Gasteiger partial charge in [0.1, 0.15) is 11.8 Å². The number of hydrogen-bond donors (Lipinski definition) is 0. The third-order valence-electron chi connectivity index (χ3n) is 2.39. The topological polar surface area (TPSA) is 67.2 Å². The van der Waals surface area contributed by atoms with Crippen molar-refractivity contribution in [3.63, 3.8) is 0 Å². The molecule has 1 aromatic rings. The molecule has 0 spiro atoms. The van der Waals surface area contributed by atoms with Crippen LogP contribution in [0.1, 0.15) is 20.3 Å². The van der Waals surface area contributed by atoms with E-state index in [9.17, 15) is 8.42 Å². The van der Waals surface area contributed by atoms with Gasteiger partial charge < -0.3 is 4.74 Å². The lowest BCUT2D eigenvalue weighted by Crippen LogP contribution is -2.08. The molecule has 0 radical (unpaired) electrons. The Morgan fingerprint density at radius 3 is 2.32 bits per heavy atom. The van der Waals surface area contributed by atoms with Gasteiger partial charge in [-0.1, -0.05) is 18.5 Å². The standard InChI is InChI=1S/C13H14ClNO3S/c1-3-12(18-4-2)13(9-15)19(16,17)11-7-5-10(14)6-8-11/h5-8H,3-4H2,1-2H3/b13-12+. The van der Waals surface area contributed by atoms with Crippen molar-refractivity contribution < 1.29 is 13.2 Å². The molecule has 0 aliphatic rings. The van der Waals surface area contributed by atoms with Crippen molar-refractivity contribution in [3.8, 4) is 6.07 Å². The van der Waals surface area contributed by atoms with Gasteiger partial charge in [-0.2, -0.15) is 5.26 Å². The molecule has 0 aliphatic heterocycles. The summed E-state index contributed by atoms with van der Waals surface area (Å²) in [5.74, 6) is 0.181. The zero-order valence-electron chi connectivity index (χ0n) is 10.7. The first-order valence-corrected chi connectivity index (χ1v) is 7.60. The quantitative estimate of drug-likeness (QED) is 0.618. The van der Waals surface area contributed by atoms with E-state index in [4.69, 9.17) is 21.6 Å². The molecule has 0 bridgehead atoms. The molecule has 0 saturated carbocycles. The fourth-order valence-electron chi connectivity index (χ4n) is 1.51. The molecule has 19 heavy (non-hydrogen) atoms. The number of nitriles is 1. The van der Waals surface area contributed by atoms with E-state index < -0.39 is 9.84 Å². The maximum Gasteiger partial charge on any atom is 0.219 e. The Hall–Kier alpha value is -1.51. The van der Waals surface area contributed by atoms with Gasteiger partial charge in [-0.25, -0.2) is 8.42 Å². The Morgan fingerprint density at radius 2 is 1.89 bits per heavy atom. The number of sulfone groups is 1. The summed E-state index contributed by atoms with van der Waals surface area (Å²) in [6, 6.07) is 7.40. The molecule has 0 aliphatic carbocycles. The fraction of sp³-hybridized carbons (Fsp3) is 0.308. The minimum absolute atomic E-state index is 0.0269. The van der Waals surface area contributed by atoms with Crippen LogP contribution < -0.4 is 0 Å². The van der Waals surface area contributed by atoms with Crippen molar-refractivity contribution in [2.24, 2.45) is 0 Å². The number of nitrogens with zero attached hydrogens (tertiary/aromatic N) is 1. The van der Waals surface area contributed by atoms with E-state index >= 15 is 0 Å². The molecule has 6 heteroatoms. The van der Waals surface area contributed by atoms with Crippen LogP contribution in [0.3, 0.4) is 0 Å². The van der Waals surface area contributed by atoms with Crippen molar-refractivity contribution >= 4 is 21.4 Å². The highest BCUT2D eigenvalue weighted by atomic mass is 35.5. The van der Waals surface area contributed by atoms with Crippen LogP contribution in [0.4, 0.5) is 0 Å². The highest BCUT2D eigenvalue weighted by Crippen LogP contribution is 2.24. The van der Waals surface area contributed by atoms with Gasteiger partial charge in [-0.15, -0.1) is 0 Å². The van der Waals surface area contributed by atoms with E-state index in [0.29, 0.717) is 18.1 Å². The van der Waals surface area contributed by atoms with Gasteiger partial charge in [0.2, 0.25) is 9.84 Å². The van der Waals surface area contributed by atoms with E-state index in [2.05, 4.69) is 0 Å². The largest absolute Gasteiger partial charge is 0.496 e. The van der Waals surface area contributed by atoms with Crippen molar-refractivity contribution in [2.75, 3.05) is 6.61 Å². The molecule has 102 valence electrons.